The van der Waals surface area contributed by atoms with Crippen molar-refractivity contribution in [3.8, 4) is 0 Å². The number of thiazole rings is 1. The number of aryl methyl sites for hydroxylation is 1. The Balaban J connectivity index is 2.67. The van der Waals surface area contributed by atoms with Crippen LogP contribution < -0.4 is 0 Å². The monoisotopic (exact) mass is 365 g/mol. The summed E-state index contributed by atoms with van der Waals surface area (Å²) in [6.45, 7) is 9.82. The van der Waals surface area contributed by atoms with E-state index in [1.54, 1.807) is 11.3 Å². The average Bonchev–Trinajstić information content (AvgIpc) is 2.95. The molecule has 0 aliphatic carbocycles. The molecule has 0 aliphatic heterocycles. The number of nitrogens with zero attached hydrogens (tertiary/aromatic N) is 1. The van der Waals surface area contributed by atoms with Crippen LogP contribution in [0.2, 0.25) is 0 Å². The molecule has 1 heterocycles. The smallest absolute Gasteiger partial charge is 0.303 e. The first-order valence-corrected chi connectivity index (χ1v) is 9.73. The second-order valence-electron chi connectivity index (χ2n) is 6.74. The fourth-order valence-electron chi connectivity index (χ4n) is 2.53. The zero-order valence-corrected chi connectivity index (χ0v) is 16.9. The van der Waals surface area contributed by atoms with Crippen molar-refractivity contribution >= 4 is 23.4 Å². The van der Waals surface area contributed by atoms with Gasteiger partial charge in [0, 0.05) is 25.3 Å². The molecule has 2 unspecified atom stereocenters. The van der Waals surface area contributed by atoms with Gasteiger partial charge in [0.15, 0.2) is 0 Å². The van der Waals surface area contributed by atoms with Gasteiger partial charge in [-0.2, -0.15) is 0 Å². The Labute approximate surface area is 155 Å². The molecule has 140 valence electrons. The minimum atomic E-state index is -0.268. The lowest BCUT2D eigenvalue weighted by Crippen LogP contribution is -2.17. The average molecular weight is 366 g/mol. The summed E-state index contributed by atoms with van der Waals surface area (Å²) in [6.07, 6.45) is 7.65. The van der Waals surface area contributed by atoms with Gasteiger partial charge in [-0.15, -0.1) is 11.3 Å². The largest absolute Gasteiger partial charge is 0.458 e. The number of aliphatic hydroxyl groups is 1. The first-order chi connectivity index (χ1) is 11.8. The lowest BCUT2D eigenvalue weighted by atomic mass is 10.0. The number of carbonyl (C=O) groups excluding carboxylic acids is 1. The number of hydrogen-bond donors (Lipinski definition) is 1. The number of hydrogen-bond acceptors (Lipinski definition) is 5. The Morgan fingerprint density at radius 1 is 1.40 bits per heavy atom. The molecule has 0 aliphatic rings. The maximum atomic E-state index is 11.4. The van der Waals surface area contributed by atoms with E-state index in [1.165, 1.54) is 12.5 Å². The summed E-state index contributed by atoms with van der Waals surface area (Å²) >= 11 is 1.61. The SMILES string of the molecule is CC(=O)OC(CC=C(C)CCCC(C)CO)C(C)=Cc1csc(C)n1. The van der Waals surface area contributed by atoms with Crippen molar-refractivity contribution in [2.75, 3.05) is 6.61 Å². The molecule has 2 atom stereocenters. The van der Waals surface area contributed by atoms with E-state index < -0.39 is 0 Å². The molecule has 0 bridgehead atoms. The molecule has 4 nitrogen and oxygen atoms in total. The second kappa shape index (κ2) is 11.2. The number of ether oxygens (including phenoxy) is 1. The summed E-state index contributed by atoms with van der Waals surface area (Å²) in [4.78, 5) is 15.9. The summed E-state index contributed by atoms with van der Waals surface area (Å²) in [7, 11) is 0. The third-order valence-electron chi connectivity index (χ3n) is 4.09. The Hall–Kier alpha value is -1.46. The van der Waals surface area contributed by atoms with Gasteiger partial charge in [-0.1, -0.05) is 18.6 Å². The molecule has 1 N–H and O–H groups in total. The maximum Gasteiger partial charge on any atom is 0.303 e. The minimum Gasteiger partial charge on any atom is -0.458 e. The maximum absolute atomic E-state index is 11.4. The minimum absolute atomic E-state index is 0.247. The highest BCUT2D eigenvalue weighted by molar-refractivity contribution is 7.09. The molecule has 0 aromatic carbocycles. The zero-order valence-electron chi connectivity index (χ0n) is 16.0. The van der Waals surface area contributed by atoms with Gasteiger partial charge in [-0.3, -0.25) is 4.79 Å². The predicted molar refractivity (Wildman–Crippen MR) is 105 cm³/mol. The van der Waals surface area contributed by atoms with Crippen molar-refractivity contribution in [3.05, 3.63) is 33.3 Å². The van der Waals surface area contributed by atoms with Crippen LogP contribution in [0.1, 0.15) is 64.1 Å². The Kier molecular flexibility index (Phi) is 9.68. The highest BCUT2D eigenvalue weighted by Gasteiger charge is 2.14. The summed E-state index contributed by atoms with van der Waals surface area (Å²) in [5, 5.41) is 12.1. The van der Waals surface area contributed by atoms with Gasteiger partial charge in [-0.05, 0) is 57.6 Å². The van der Waals surface area contributed by atoms with Crippen molar-refractivity contribution in [3.63, 3.8) is 0 Å². The molecule has 0 amide bonds. The Bertz CT molecular complexity index is 604. The molecule has 1 aromatic rings. The fourth-order valence-corrected chi connectivity index (χ4v) is 3.10. The van der Waals surface area contributed by atoms with E-state index in [-0.39, 0.29) is 18.7 Å². The van der Waals surface area contributed by atoms with Crippen molar-refractivity contribution in [1.82, 2.24) is 4.98 Å². The van der Waals surface area contributed by atoms with E-state index in [0.717, 1.165) is 35.5 Å². The van der Waals surface area contributed by atoms with Gasteiger partial charge < -0.3 is 9.84 Å². The summed E-state index contributed by atoms with van der Waals surface area (Å²) in [5.74, 6) is 0.0865. The number of aliphatic hydroxyl groups excluding tert-OH is 1. The van der Waals surface area contributed by atoms with Crippen molar-refractivity contribution in [2.45, 2.75) is 66.4 Å². The number of esters is 1. The molecule has 0 saturated carbocycles. The van der Waals surface area contributed by atoms with Crippen LogP contribution in [0, 0.1) is 12.8 Å². The Morgan fingerprint density at radius 2 is 2.12 bits per heavy atom. The van der Waals surface area contributed by atoms with Gasteiger partial charge in [0.05, 0.1) is 10.7 Å². The van der Waals surface area contributed by atoms with Gasteiger partial charge in [0.25, 0.3) is 0 Å². The summed E-state index contributed by atoms with van der Waals surface area (Å²) in [5.41, 5.74) is 3.20. The zero-order chi connectivity index (χ0) is 18.8. The number of carbonyl (C=O) groups is 1. The molecule has 1 rings (SSSR count). The molecule has 0 fully saturated rings. The molecular formula is C20H31NO3S. The molecule has 0 saturated heterocycles. The van der Waals surface area contributed by atoms with E-state index >= 15 is 0 Å². The van der Waals surface area contributed by atoms with Crippen molar-refractivity contribution < 1.29 is 14.6 Å². The first-order valence-electron chi connectivity index (χ1n) is 8.85. The van der Waals surface area contributed by atoms with Gasteiger partial charge in [0.1, 0.15) is 6.10 Å². The lowest BCUT2D eigenvalue weighted by Gasteiger charge is -2.17. The van der Waals surface area contributed by atoms with E-state index in [1.807, 2.05) is 25.3 Å². The third kappa shape index (κ3) is 8.98. The lowest BCUT2D eigenvalue weighted by molar-refractivity contribution is -0.144. The van der Waals surface area contributed by atoms with Crippen LogP contribution in [0.3, 0.4) is 0 Å². The van der Waals surface area contributed by atoms with Gasteiger partial charge >= 0.3 is 5.97 Å². The standard InChI is InChI=1S/C20H31NO3S/c1-14(7-6-8-15(2)12-22)9-10-20(24-18(5)23)16(3)11-19-13-25-17(4)21-19/h9,11,13,15,20,22H,6-8,10,12H2,1-5H3. The van der Waals surface area contributed by atoms with Gasteiger partial charge in [0.2, 0.25) is 0 Å². The molecule has 25 heavy (non-hydrogen) atoms. The van der Waals surface area contributed by atoms with Crippen LogP contribution in [0.5, 0.6) is 0 Å². The van der Waals surface area contributed by atoms with E-state index in [0.29, 0.717) is 12.3 Å². The normalized spacial score (nSPS) is 15.1. The topological polar surface area (TPSA) is 59.4 Å². The number of allylic oxidation sites excluding steroid dienone is 1. The van der Waals surface area contributed by atoms with Gasteiger partial charge in [-0.25, -0.2) is 4.98 Å². The van der Waals surface area contributed by atoms with Crippen LogP contribution in [0.4, 0.5) is 0 Å². The highest BCUT2D eigenvalue weighted by Crippen LogP contribution is 2.19. The molecule has 1 aromatic heterocycles. The summed E-state index contributed by atoms with van der Waals surface area (Å²) in [6, 6.07) is 0. The molecule has 0 radical (unpaired) electrons. The highest BCUT2D eigenvalue weighted by atomic mass is 32.1. The van der Waals surface area contributed by atoms with Crippen LogP contribution in [-0.2, 0) is 9.53 Å². The number of aromatic nitrogens is 1. The van der Waals surface area contributed by atoms with Crippen LogP contribution in [0.25, 0.3) is 6.08 Å². The quantitative estimate of drug-likeness (QED) is 0.472. The van der Waals surface area contributed by atoms with Crippen LogP contribution in [0.15, 0.2) is 22.6 Å². The third-order valence-corrected chi connectivity index (χ3v) is 4.88. The van der Waals surface area contributed by atoms with E-state index in [4.69, 9.17) is 9.84 Å². The van der Waals surface area contributed by atoms with Crippen LogP contribution in [-0.4, -0.2) is 28.8 Å². The second-order valence-corrected chi connectivity index (χ2v) is 7.81. The number of rotatable bonds is 10. The van der Waals surface area contributed by atoms with E-state index in [2.05, 4.69) is 24.9 Å². The fraction of sp³-hybridized carbons (Fsp3) is 0.600. The predicted octanol–water partition coefficient (Wildman–Crippen LogP) is 4.92. The molecular weight excluding hydrogens is 334 g/mol. The molecule has 5 heteroatoms. The Morgan fingerprint density at radius 3 is 2.68 bits per heavy atom. The van der Waals surface area contributed by atoms with Crippen molar-refractivity contribution in [1.29, 1.82) is 0 Å². The van der Waals surface area contributed by atoms with Crippen molar-refractivity contribution in [2.24, 2.45) is 5.92 Å². The molecule has 0 spiro atoms. The summed E-state index contributed by atoms with van der Waals surface area (Å²) < 4.78 is 5.49. The van der Waals surface area contributed by atoms with Crippen LogP contribution >= 0.6 is 11.3 Å². The first kappa shape index (κ1) is 21.6. The van der Waals surface area contributed by atoms with E-state index in [9.17, 15) is 4.79 Å².